The van der Waals surface area contributed by atoms with Crippen LogP contribution in [0.15, 0.2) is 18.2 Å². The summed E-state index contributed by atoms with van der Waals surface area (Å²) in [6, 6.07) is 6.21. The fourth-order valence-corrected chi connectivity index (χ4v) is 2.57. The lowest BCUT2D eigenvalue weighted by Gasteiger charge is -2.24. The van der Waals surface area contributed by atoms with Crippen LogP contribution >= 0.6 is 11.6 Å². The van der Waals surface area contributed by atoms with E-state index in [-0.39, 0.29) is 0 Å². The number of ether oxygens (including phenoxy) is 1. The van der Waals surface area contributed by atoms with Gasteiger partial charge in [-0.25, -0.2) is 0 Å². The average molecular weight is 299 g/mol. The summed E-state index contributed by atoms with van der Waals surface area (Å²) >= 11 is 6.07. The second-order valence-corrected chi connectivity index (χ2v) is 6.36. The first-order valence-electron chi connectivity index (χ1n) is 7.13. The summed E-state index contributed by atoms with van der Waals surface area (Å²) in [6.07, 6.45) is 1.15. The van der Waals surface area contributed by atoms with Crippen molar-refractivity contribution in [2.75, 3.05) is 27.7 Å². The third-order valence-electron chi connectivity index (χ3n) is 3.17. The van der Waals surface area contributed by atoms with Crippen molar-refractivity contribution in [2.45, 2.75) is 32.9 Å². The molecule has 0 aliphatic heterocycles. The molecule has 1 aromatic carbocycles. The van der Waals surface area contributed by atoms with E-state index in [1.807, 2.05) is 18.2 Å². The van der Waals surface area contributed by atoms with E-state index in [4.69, 9.17) is 16.3 Å². The zero-order chi connectivity index (χ0) is 15.1. The van der Waals surface area contributed by atoms with Gasteiger partial charge in [0.25, 0.3) is 0 Å². The van der Waals surface area contributed by atoms with Crippen molar-refractivity contribution in [2.24, 2.45) is 5.92 Å². The molecule has 1 unspecified atom stereocenters. The monoisotopic (exact) mass is 298 g/mol. The van der Waals surface area contributed by atoms with Gasteiger partial charge in [0.15, 0.2) is 0 Å². The number of hydrogen-bond acceptors (Lipinski definition) is 3. The van der Waals surface area contributed by atoms with Crippen LogP contribution < -0.4 is 10.1 Å². The van der Waals surface area contributed by atoms with Gasteiger partial charge in [-0.3, -0.25) is 0 Å². The molecule has 1 N–H and O–H groups in total. The van der Waals surface area contributed by atoms with Crippen molar-refractivity contribution >= 4 is 11.6 Å². The minimum absolute atomic E-state index is 0.466. The molecule has 4 heteroatoms. The number of hydrogen-bond donors (Lipinski definition) is 1. The summed E-state index contributed by atoms with van der Waals surface area (Å²) in [5.41, 5.74) is 1.10. The largest absolute Gasteiger partial charge is 0.496 e. The average Bonchev–Trinajstić information content (AvgIpc) is 2.34. The number of halogens is 1. The van der Waals surface area contributed by atoms with Gasteiger partial charge in [-0.1, -0.05) is 25.4 Å². The molecule has 0 bridgehead atoms. The summed E-state index contributed by atoms with van der Waals surface area (Å²) in [7, 11) is 5.90. The highest BCUT2D eigenvalue weighted by atomic mass is 35.5. The van der Waals surface area contributed by atoms with E-state index in [1.165, 1.54) is 0 Å². The van der Waals surface area contributed by atoms with Crippen LogP contribution in [-0.4, -0.2) is 38.7 Å². The van der Waals surface area contributed by atoms with Gasteiger partial charge in [0, 0.05) is 29.7 Å². The number of nitrogens with one attached hydrogen (secondary N) is 1. The molecule has 0 fully saturated rings. The molecule has 0 aliphatic carbocycles. The van der Waals surface area contributed by atoms with Gasteiger partial charge in [-0.2, -0.15) is 0 Å². The Morgan fingerprint density at radius 3 is 2.55 bits per heavy atom. The Hall–Kier alpha value is -0.770. The summed E-state index contributed by atoms with van der Waals surface area (Å²) in [5.74, 6) is 1.56. The van der Waals surface area contributed by atoms with Gasteiger partial charge in [0.1, 0.15) is 5.75 Å². The Kier molecular flexibility index (Phi) is 7.35. The minimum Gasteiger partial charge on any atom is -0.496 e. The van der Waals surface area contributed by atoms with Crippen LogP contribution in [0, 0.1) is 5.92 Å². The quantitative estimate of drug-likeness (QED) is 0.796. The molecule has 1 aromatic rings. The van der Waals surface area contributed by atoms with E-state index in [0.717, 1.165) is 35.8 Å². The molecule has 3 nitrogen and oxygen atoms in total. The van der Waals surface area contributed by atoms with Crippen LogP contribution in [0.3, 0.4) is 0 Å². The van der Waals surface area contributed by atoms with Gasteiger partial charge < -0.3 is 15.0 Å². The van der Waals surface area contributed by atoms with E-state index >= 15 is 0 Å². The van der Waals surface area contributed by atoms with Crippen molar-refractivity contribution in [3.63, 3.8) is 0 Å². The molecule has 0 spiro atoms. The lowest BCUT2D eigenvalue weighted by atomic mass is 10.0. The molecular weight excluding hydrogens is 272 g/mol. The minimum atomic E-state index is 0.466. The predicted molar refractivity (Wildman–Crippen MR) is 86.6 cm³/mol. The van der Waals surface area contributed by atoms with Crippen molar-refractivity contribution in [1.82, 2.24) is 10.2 Å². The normalized spacial score (nSPS) is 13.0. The summed E-state index contributed by atoms with van der Waals surface area (Å²) < 4.78 is 5.39. The van der Waals surface area contributed by atoms with Crippen LogP contribution in [0.2, 0.25) is 5.02 Å². The number of likely N-dealkylation sites (N-methyl/N-ethyl adjacent to an activating group) is 1. The molecule has 20 heavy (non-hydrogen) atoms. The molecule has 0 aromatic heterocycles. The fraction of sp³-hybridized carbons (Fsp3) is 0.625. The Bertz CT molecular complexity index is 397. The Balaban J connectivity index is 2.68. The number of benzene rings is 1. The van der Waals surface area contributed by atoms with Crippen molar-refractivity contribution in [3.05, 3.63) is 28.8 Å². The first-order valence-corrected chi connectivity index (χ1v) is 7.50. The maximum atomic E-state index is 6.07. The number of methoxy groups -OCH3 is 1. The predicted octanol–water partition coefficient (Wildman–Crippen LogP) is 3.41. The highest BCUT2D eigenvalue weighted by molar-refractivity contribution is 6.30. The van der Waals surface area contributed by atoms with Crippen LogP contribution in [0.1, 0.15) is 25.8 Å². The summed E-state index contributed by atoms with van der Waals surface area (Å²) in [4.78, 5) is 2.22. The number of nitrogens with zero attached hydrogens (tertiary/aromatic N) is 1. The Morgan fingerprint density at radius 1 is 1.30 bits per heavy atom. The van der Waals surface area contributed by atoms with Crippen molar-refractivity contribution in [3.8, 4) is 5.75 Å². The zero-order valence-electron chi connectivity index (χ0n) is 13.2. The molecule has 0 aliphatic rings. The van der Waals surface area contributed by atoms with E-state index in [1.54, 1.807) is 7.11 Å². The highest BCUT2D eigenvalue weighted by Crippen LogP contribution is 2.22. The van der Waals surface area contributed by atoms with E-state index in [2.05, 4.69) is 38.2 Å². The first-order chi connectivity index (χ1) is 9.42. The standard InChI is InChI=1S/C16H27ClN2O/c1-12(2)8-15(11-19(3)4)18-10-13-9-14(17)6-7-16(13)20-5/h6-7,9,12,15,18H,8,10-11H2,1-5H3. The molecule has 0 amide bonds. The number of rotatable bonds is 8. The van der Waals surface area contributed by atoms with Crippen LogP contribution in [0.4, 0.5) is 0 Å². The highest BCUT2D eigenvalue weighted by Gasteiger charge is 2.13. The fourth-order valence-electron chi connectivity index (χ4n) is 2.37. The molecule has 1 rings (SSSR count). The van der Waals surface area contributed by atoms with E-state index in [9.17, 15) is 0 Å². The third kappa shape index (κ3) is 6.12. The Labute approximate surface area is 128 Å². The van der Waals surface area contributed by atoms with E-state index in [0.29, 0.717) is 12.0 Å². The lowest BCUT2D eigenvalue weighted by molar-refractivity contribution is 0.303. The molecule has 114 valence electrons. The maximum absolute atomic E-state index is 6.07. The second kappa shape index (κ2) is 8.50. The summed E-state index contributed by atoms with van der Waals surface area (Å²) in [5, 5.41) is 4.37. The van der Waals surface area contributed by atoms with Gasteiger partial charge in [0.2, 0.25) is 0 Å². The molecule has 1 atom stereocenters. The van der Waals surface area contributed by atoms with Gasteiger partial charge in [-0.05, 0) is 44.6 Å². The van der Waals surface area contributed by atoms with Gasteiger partial charge in [0.05, 0.1) is 7.11 Å². The van der Waals surface area contributed by atoms with E-state index < -0.39 is 0 Å². The van der Waals surface area contributed by atoms with Crippen LogP contribution in [0.25, 0.3) is 0 Å². The molecule has 0 saturated carbocycles. The topological polar surface area (TPSA) is 24.5 Å². The van der Waals surface area contributed by atoms with Gasteiger partial charge in [-0.15, -0.1) is 0 Å². The lowest BCUT2D eigenvalue weighted by Crippen LogP contribution is -2.38. The van der Waals surface area contributed by atoms with Crippen LogP contribution in [-0.2, 0) is 6.54 Å². The smallest absolute Gasteiger partial charge is 0.123 e. The second-order valence-electron chi connectivity index (χ2n) is 5.93. The van der Waals surface area contributed by atoms with Crippen molar-refractivity contribution < 1.29 is 4.74 Å². The Morgan fingerprint density at radius 2 is 2.00 bits per heavy atom. The zero-order valence-corrected chi connectivity index (χ0v) is 14.0. The molecule has 0 heterocycles. The maximum Gasteiger partial charge on any atom is 0.123 e. The third-order valence-corrected chi connectivity index (χ3v) is 3.40. The summed E-state index contributed by atoms with van der Waals surface area (Å²) in [6.45, 7) is 6.31. The van der Waals surface area contributed by atoms with Crippen molar-refractivity contribution in [1.29, 1.82) is 0 Å². The molecule has 0 radical (unpaired) electrons. The van der Waals surface area contributed by atoms with Gasteiger partial charge >= 0.3 is 0 Å². The first kappa shape index (κ1) is 17.3. The SMILES string of the molecule is COc1ccc(Cl)cc1CNC(CC(C)C)CN(C)C. The molecular formula is C16H27ClN2O. The molecule has 0 saturated heterocycles. The van der Waals surface area contributed by atoms with Crippen LogP contribution in [0.5, 0.6) is 5.75 Å².